The maximum absolute atomic E-state index is 4.77. The standard InChI is InChI=1S/C46H36BN3.Pt/c1-46(2,44-29-12-13-30-48-44)36-21-14-22-37(31-36)47(38-23-15-24-39(32-38)50-33-49(3)42-27-10-11-28-43(42)50)45-40(34-17-6-4-7-18-34)25-16-26-41(45)35-19-8-5-9-20-35;/h4-30H,1-3H3;/q-2;. The SMILES string of the molecule is Cn1[c](=[Pt])n(-c2[c-]c(B(c3[c-]c(C(C)(C)c4ccccn4)ccc3)c3c(-c4ccccc4)cccc3-c3ccccc3)ccc2)c2ccccc21. The van der Waals surface area contributed by atoms with Crippen LogP contribution >= 0.6 is 0 Å². The van der Waals surface area contributed by atoms with Gasteiger partial charge in [-0.1, -0.05) is 6.07 Å². The maximum atomic E-state index is 4.77. The summed E-state index contributed by atoms with van der Waals surface area (Å²) in [5, 5.41) is 0. The van der Waals surface area contributed by atoms with Gasteiger partial charge in [0, 0.05) is 6.20 Å². The van der Waals surface area contributed by atoms with Gasteiger partial charge >= 0.3 is 295 Å². The van der Waals surface area contributed by atoms with Crippen LogP contribution in [-0.2, 0) is 31.8 Å². The van der Waals surface area contributed by atoms with Crippen molar-refractivity contribution in [1.82, 2.24) is 14.1 Å². The van der Waals surface area contributed by atoms with Crippen LogP contribution in [0, 0.1) is 15.9 Å². The van der Waals surface area contributed by atoms with Crippen LogP contribution in [0.3, 0.4) is 0 Å². The van der Waals surface area contributed by atoms with Gasteiger partial charge in [0.2, 0.25) is 0 Å². The van der Waals surface area contributed by atoms with Gasteiger partial charge in [0.1, 0.15) is 0 Å². The first-order valence-corrected chi connectivity index (χ1v) is 18.4. The Morgan fingerprint density at radius 3 is 1.80 bits per heavy atom. The quantitative estimate of drug-likeness (QED) is 0.112. The van der Waals surface area contributed by atoms with Crippen molar-refractivity contribution in [2.75, 3.05) is 0 Å². The van der Waals surface area contributed by atoms with E-state index in [0.29, 0.717) is 0 Å². The molecule has 0 saturated carbocycles. The summed E-state index contributed by atoms with van der Waals surface area (Å²) in [5.41, 5.74) is 13.2. The van der Waals surface area contributed by atoms with Crippen molar-refractivity contribution in [3.05, 3.63) is 191 Å². The van der Waals surface area contributed by atoms with Gasteiger partial charge in [-0.25, -0.2) is 0 Å². The number of pyridine rings is 1. The Hall–Kier alpha value is -5.31. The predicted molar refractivity (Wildman–Crippen MR) is 208 cm³/mol. The van der Waals surface area contributed by atoms with Crippen molar-refractivity contribution in [2.24, 2.45) is 7.05 Å². The summed E-state index contributed by atoms with van der Waals surface area (Å²) >= 11 is 2.43. The molecule has 6 aromatic carbocycles. The van der Waals surface area contributed by atoms with Gasteiger partial charge in [0.05, 0.1) is 0 Å². The Morgan fingerprint density at radius 2 is 1.16 bits per heavy atom. The number of aromatic nitrogens is 3. The first-order chi connectivity index (χ1) is 24.9. The summed E-state index contributed by atoms with van der Waals surface area (Å²) in [4.78, 5) is 4.77. The van der Waals surface area contributed by atoms with Crippen molar-refractivity contribution < 1.29 is 19.4 Å². The molecule has 0 bridgehead atoms. The molecule has 0 spiro atoms. The van der Waals surface area contributed by atoms with Crippen LogP contribution < -0.4 is 16.4 Å². The minimum absolute atomic E-state index is 0.190. The first-order valence-electron chi connectivity index (χ1n) is 17.2. The van der Waals surface area contributed by atoms with Gasteiger partial charge in [0.25, 0.3) is 0 Å². The Labute approximate surface area is 311 Å². The van der Waals surface area contributed by atoms with E-state index < -0.39 is 0 Å². The molecule has 0 N–H and O–H groups in total. The van der Waals surface area contributed by atoms with Gasteiger partial charge in [-0.2, -0.15) is 0 Å². The number of rotatable bonds is 8. The molecule has 0 radical (unpaired) electrons. The third kappa shape index (κ3) is 6.09. The fourth-order valence-corrected chi connectivity index (χ4v) is 8.07. The predicted octanol–water partition coefficient (Wildman–Crippen LogP) is 8.22. The summed E-state index contributed by atoms with van der Waals surface area (Å²) in [6, 6.07) is 64.0. The molecule has 0 amide bonds. The number of aryl methyl sites for hydroxylation is 1. The molecule has 0 aliphatic heterocycles. The van der Waals surface area contributed by atoms with E-state index in [1.54, 1.807) is 0 Å². The zero-order chi connectivity index (χ0) is 35.0. The third-order valence-electron chi connectivity index (χ3n) is 9.94. The Kier molecular flexibility index (Phi) is 8.88. The second-order valence-electron chi connectivity index (χ2n) is 13.4. The van der Waals surface area contributed by atoms with Gasteiger partial charge in [-0.15, -0.1) is 0 Å². The third-order valence-corrected chi connectivity index (χ3v) is 11.2. The van der Waals surface area contributed by atoms with E-state index in [0.717, 1.165) is 37.2 Å². The fourth-order valence-electron chi connectivity index (χ4n) is 7.25. The van der Waals surface area contributed by atoms with Crippen molar-refractivity contribution in [3.8, 4) is 27.9 Å². The van der Waals surface area contributed by atoms with Crippen molar-refractivity contribution in [1.29, 1.82) is 0 Å². The number of imidazole rings is 1. The van der Waals surface area contributed by atoms with Crippen LogP contribution in [0.2, 0.25) is 0 Å². The number of fused-ring (bicyclic) bond motifs is 1. The van der Waals surface area contributed by atoms with Gasteiger partial charge < -0.3 is 0 Å². The molecule has 5 heteroatoms. The molecule has 3 nitrogen and oxygen atoms in total. The van der Waals surface area contributed by atoms with E-state index in [1.165, 1.54) is 33.2 Å². The Bertz CT molecular complexity index is 2480. The molecule has 2 heterocycles. The van der Waals surface area contributed by atoms with Crippen LogP contribution in [0.5, 0.6) is 0 Å². The topological polar surface area (TPSA) is 22.8 Å². The van der Waals surface area contributed by atoms with Crippen molar-refractivity contribution >= 4 is 34.1 Å². The molecule has 8 aromatic rings. The van der Waals surface area contributed by atoms with Gasteiger partial charge in [0.15, 0.2) is 0 Å². The molecule has 0 aliphatic carbocycles. The average molecular weight is 837 g/mol. The monoisotopic (exact) mass is 836 g/mol. The molecule has 0 fully saturated rings. The van der Waals surface area contributed by atoms with E-state index >= 15 is 0 Å². The van der Waals surface area contributed by atoms with E-state index in [-0.39, 0.29) is 12.1 Å². The van der Waals surface area contributed by atoms with Crippen LogP contribution in [0.15, 0.2) is 164 Å². The zero-order valence-corrected chi connectivity index (χ0v) is 31.1. The Balaban J connectivity index is 1.42. The fraction of sp³-hybridized carbons (Fsp3) is 0.0870. The molecule has 0 aliphatic rings. The summed E-state index contributed by atoms with van der Waals surface area (Å²) in [7, 11) is 2.12. The number of para-hydroxylation sites is 2. The summed E-state index contributed by atoms with van der Waals surface area (Å²) < 4.78 is 5.66. The molecular weight excluding hydrogens is 800 g/mol. The molecule has 2 aromatic heterocycles. The molecule has 51 heavy (non-hydrogen) atoms. The molecule has 0 atom stereocenters. The summed E-state index contributed by atoms with van der Waals surface area (Å²) in [6.07, 6.45) is 1.87. The molecule has 250 valence electrons. The van der Waals surface area contributed by atoms with Crippen LogP contribution in [-0.4, -0.2) is 20.8 Å². The number of hydrogen-bond donors (Lipinski definition) is 0. The number of benzene rings is 6. The van der Waals surface area contributed by atoms with Crippen molar-refractivity contribution in [3.63, 3.8) is 0 Å². The van der Waals surface area contributed by atoms with Crippen LogP contribution in [0.25, 0.3) is 39.0 Å². The zero-order valence-electron chi connectivity index (χ0n) is 28.8. The van der Waals surface area contributed by atoms with Crippen LogP contribution in [0.1, 0.15) is 25.1 Å². The van der Waals surface area contributed by atoms with E-state index in [2.05, 4.69) is 213 Å². The second kappa shape index (κ2) is 13.8. The van der Waals surface area contributed by atoms with Gasteiger partial charge in [-0.05, 0) is 6.07 Å². The second-order valence-corrected chi connectivity index (χ2v) is 14.4. The summed E-state index contributed by atoms with van der Waals surface area (Å²) in [6.45, 7) is 4.28. The first kappa shape index (κ1) is 32.9. The Morgan fingerprint density at radius 1 is 0.588 bits per heavy atom. The van der Waals surface area contributed by atoms with E-state index in [9.17, 15) is 0 Å². The summed E-state index contributed by atoms with van der Waals surface area (Å²) in [5.74, 6) is 0. The van der Waals surface area contributed by atoms with Crippen molar-refractivity contribution in [2.45, 2.75) is 19.3 Å². The number of nitrogens with zero attached hydrogens (tertiary/aromatic N) is 3. The van der Waals surface area contributed by atoms with E-state index in [4.69, 9.17) is 4.98 Å². The molecular formula is C46H36BN3Pt-2. The van der Waals surface area contributed by atoms with Crippen LogP contribution in [0.4, 0.5) is 0 Å². The average Bonchev–Trinajstić information content (AvgIpc) is 3.45. The molecule has 0 saturated heterocycles. The number of hydrogen-bond acceptors (Lipinski definition) is 1. The minimum atomic E-state index is -0.358. The normalized spacial score (nSPS) is 11.5. The van der Waals surface area contributed by atoms with Gasteiger partial charge in [-0.3, -0.25) is 0 Å². The molecule has 0 unspecified atom stereocenters. The van der Waals surface area contributed by atoms with E-state index in [1.807, 2.05) is 12.3 Å². The molecule has 8 rings (SSSR count).